The molecule has 1 amide bonds. The number of hydrogen-bond donors (Lipinski definition) is 2. The summed E-state index contributed by atoms with van der Waals surface area (Å²) in [6.45, 7) is 0. The van der Waals surface area contributed by atoms with Crippen molar-refractivity contribution in [1.82, 2.24) is 10.2 Å². The molecule has 1 aromatic heterocycles. The van der Waals surface area contributed by atoms with Crippen molar-refractivity contribution < 1.29 is 17.6 Å². The summed E-state index contributed by atoms with van der Waals surface area (Å²) in [7, 11) is -3.60. The number of rotatable bonds is 6. The largest absolute Gasteiger partial charge is 0.416 e. The molecule has 0 unspecified atom stereocenters. The second-order valence-electron chi connectivity index (χ2n) is 6.81. The number of anilines is 1. The van der Waals surface area contributed by atoms with Crippen molar-refractivity contribution in [2.45, 2.75) is 5.75 Å². The number of carbonyl (C=O) groups excluding carboxylic acids is 1. The van der Waals surface area contributed by atoms with Gasteiger partial charge in [-0.05, 0) is 54.1 Å². The summed E-state index contributed by atoms with van der Waals surface area (Å²) in [6, 6.07) is 22.7. The number of amides is 1. The molecule has 9 heteroatoms. The molecule has 0 fully saturated rings. The highest BCUT2D eigenvalue weighted by molar-refractivity contribution is 7.88. The van der Waals surface area contributed by atoms with E-state index < -0.39 is 10.0 Å². The van der Waals surface area contributed by atoms with Crippen LogP contribution in [0.2, 0.25) is 0 Å². The van der Waals surface area contributed by atoms with E-state index in [9.17, 15) is 13.2 Å². The van der Waals surface area contributed by atoms with Gasteiger partial charge in [0, 0.05) is 22.4 Å². The Morgan fingerprint density at radius 3 is 2.00 bits per heavy atom. The molecule has 0 saturated carbocycles. The summed E-state index contributed by atoms with van der Waals surface area (Å²) >= 11 is 0. The normalized spacial score (nSPS) is 11.3. The summed E-state index contributed by atoms with van der Waals surface area (Å²) in [5.74, 6) is 0.213. The van der Waals surface area contributed by atoms with Gasteiger partial charge in [0.05, 0.1) is 5.75 Å². The monoisotopic (exact) mass is 434 g/mol. The highest BCUT2D eigenvalue weighted by atomic mass is 32.2. The van der Waals surface area contributed by atoms with Crippen LogP contribution >= 0.6 is 0 Å². The predicted octanol–water partition coefficient (Wildman–Crippen LogP) is 3.44. The highest BCUT2D eigenvalue weighted by Gasteiger charge is 2.12. The van der Waals surface area contributed by atoms with Crippen LogP contribution in [0.15, 0.2) is 83.3 Å². The third-order valence-electron chi connectivity index (χ3n) is 4.42. The number of nitrogens with one attached hydrogen (secondary N) is 1. The van der Waals surface area contributed by atoms with E-state index in [1.165, 1.54) is 0 Å². The maximum Gasteiger partial charge on any atom is 0.255 e. The van der Waals surface area contributed by atoms with Crippen molar-refractivity contribution in [3.8, 4) is 22.9 Å². The zero-order valence-electron chi connectivity index (χ0n) is 16.2. The first-order valence-corrected chi connectivity index (χ1v) is 11.0. The van der Waals surface area contributed by atoms with E-state index in [-0.39, 0.29) is 11.7 Å². The van der Waals surface area contributed by atoms with Crippen LogP contribution in [0, 0.1) is 0 Å². The molecule has 8 nitrogen and oxygen atoms in total. The molecular formula is C22H18N4O4S. The van der Waals surface area contributed by atoms with Crippen molar-refractivity contribution in [2.75, 3.05) is 5.32 Å². The number of primary sulfonamides is 1. The minimum Gasteiger partial charge on any atom is -0.416 e. The Kier molecular flexibility index (Phi) is 5.61. The lowest BCUT2D eigenvalue weighted by Crippen LogP contribution is -2.15. The molecule has 3 aromatic carbocycles. The molecule has 0 atom stereocenters. The van der Waals surface area contributed by atoms with Gasteiger partial charge in [0.15, 0.2) is 0 Å². The molecule has 1 heterocycles. The Morgan fingerprint density at radius 1 is 0.839 bits per heavy atom. The first kappa shape index (κ1) is 20.5. The maximum atomic E-state index is 12.5. The Bertz CT molecular complexity index is 1300. The Hall–Kier alpha value is -3.82. The molecule has 156 valence electrons. The van der Waals surface area contributed by atoms with Crippen LogP contribution in [0.3, 0.4) is 0 Å². The van der Waals surface area contributed by atoms with Crippen LogP contribution in [0.25, 0.3) is 22.9 Å². The summed E-state index contributed by atoms with van der Waals surface area (Å²) in [4.78, 5) is 12.5. The van der Waals surface area contributed by atoms with E-state index in [4.69, 9.17) is 9.56 Å². The van der Waals surface area contributed by atoms with Crippen molar-refractivity contribution in [1.29, 1.82) is 0 Å². The van der Waals surface area contributed by atoms with Crippen LogP contribution in [0.5, 0.6) is 0 Å². The van der Waals surface area contributed by atoms with Gasteiger partial charge in [0.1, 0.15) is 0 Å². The van der Waals surface area contributed by atoms with E-state index in [0.717, 1.165) is 5.56 Å². The number of sulfonamides is 1. The Morgan fingerprint density at radius 2 is 1.42 bits per heavy atom. The van der Waals surface area contributed by atoms with E-state index >= 15 is 0 Å². The standard InChI is InChI=1S/C22H18N4O4S/c23-31(28,29)14-15-6-12-19(13-7-15)24-20(27)16-8-10-18(11-9-16)22-26-25-21(30-22)17-4-2-1-3-5-17/h1-13H,14H2,(H,24,27)(H2,23,28,29). The molecule has 0 bridgehead atoms. The van der Waals surface area contributed by atoms with E-state index in [1.54, 1.807) is 48.5 Å². The lowest BCUT2D eigenvalue weighted by molar-refractivity contribution is 0.102. The lowest BCUT2D eigenvalue weighted by Gasteiger charge is -2.07. The molecule has 31 heavy (non-hydrogen) atoms. The first-order valence-electron chi connectivity index (χ1n) is 9.27. The fourth-order valence-corrected chi connectivity index (χ4v) is 3.58. The minimum absolute atomic E-state index is 0.260. The lowest BCUT2D eigenvalue weighted by atomic mass is 10.1. The van der Waals surface area contributed by atoms with Gasteiger partial charge in [-0.1, -0.05) is 30.3 Å². The van der Waals surface area contributed by atoms with E-state index in [1.807, 2.05) is 30.3 Å². The molecule has 4 aromatic rings. The second kappa shape index (κ2) is 8.50. The summed E-state index contributed by atoms with van der Waals surface area (Å²) in [5, 5.41) is 15.9. The SMILES string of the molecule is NS(=O)(=O)Cc1ccc(NC(=O)c2ccc(-c3nnc(-c4ccccc4)o3)cc2)cc1. The third-order valence-corrected chi connectivity index (χ3v) is 5.16. The van der Waals surface area contributed by atoms with Crippen molar-refractivity contribution in [3.63, 3.8) is 0 Å². The minimum atomic E-state index is -3.60. The fraction of sp³-hybridized carbons (Fsp3) is 0.0455. The van der Waals surface area contributed by atoms with Gasteiger partial charge >= 0.3 is 0 Å². The second-order valence-corrected chi connectivity index (χ2v) is 8.43. The molecule has 3 N–H and O–H groups in total. The van der Waals surface area contributed by atoms with Crippen molar-refractivity contribution in [2.24, 2.45) is 5.14 Å². The summed E-state index contributed by atoms with van der Waals surface area (Å²) in [5.41, 5.74) is 3.04. The topological polar surface area (TPSA) is 128 Å². The maximum absolute atomic E-state index is 12.5. The molecule has 0 saturated heterocycles. The van der Waals surface area contributed by atoms with Crippen LogP contribution < -0.4 is 10.5 Å². The predicted molar refractivity (Wildman–Crippen MR) is 116 cm³/mol. The first-order chi connectivity index (χ1) is 14.9. The van der Waals surface area contributed by atoms with Crippen LogP contribution in [0.4, 0.5) is 5.69 Å². The van der Waals surface area contributed by atoms with Crippen LogP contribution in [0.1, 0.15) is 15.9 Å². The van der Waals surface area contributed by atoms with Gasteiger partial charge in [0.25, 0.3) is 5.91 Å². The van der Waals surface area contributed by atoms with Crippen molar-refractivity contribution >= 4 is 21.6 Å². The van der Waals surface area contributed by atoms with Gasteiger partial charge in [-0.25, -0.2) is 13.6 Å². The van der Waals surface area contributed by atoms with E-state index in [2.05, 4.69) is 15.5 Å². The van der Waals surface area contributed by atoms with Crippen LogP contribution in [-0.4, -0.2) is 24.5 Å². The summed E-state index contributed by atoms with van der Waals surface area (Å²) in [6.07, 6.45) is 0. The number of carbonyl (C=O) groups is 1. The zero-order valence-corrected chi connectivity index (χ0v) is 17.0. The number of hydrogen-bond acceptors (Lipinski definition) is 6. The Labute approximate surface area is 178 Å². The average Bonchev–Trinajstić information content (AvgIpc) is 3.25. The molecule has 4 rings (SSSR count). The number of nitrogens with zero attached hydrogens (tertiary/aromatic N) is 2. The van der Waals surface area contributed by atoms with Crippen LogP contribution in [-0.2, 0) is 15.8 Å². The van der Waals surface area contributed by atoms with Gasteiger partial charge in [-0.3, -0.25) is 4.79 Å². The average molecular weight is 434 g/mol. The fourth-order valence-electron chi connectivity index (χ4n) is 2.92. The quantitative estimate of drug-likeness (QED) is 0.478. The smallest absolute Gasteiger partial charge is 0.255 e. The highest BCUT2D eigenvalue weighted by Crippen LogP contribution is 2.24. The molecular weight excluding hydrogens is 416 g/mol. The number of benzene rings is 3. The molecule has 0 aliphatic heterocycles. The van der Waals surface area contributed by atoms with Crippen molar-refractivity contribution in [3.05, 3.63) is 90.0 Å². The molecule has 0 radical (unpaired) electrons. The third kappa shape index (κ3) is 5.21. The summed E-state index contributed by atoms with van der Waals surface area (Å²) < 4.78 is 28.0. The van der Waals surface area contributed by atoms with Gasteiger partial charge in [0.2, 0.25) is 21.8 Å². The van der Waals surface area contributed by atoms with E-state index in [0.29, 0.717) is 34.2 Å². The molecule has 0 aliphatic rings. The Balaban J connectivity index is 1.43. The number of aromatic nitrogens is 2. The zero-order chi connectivity index (χ0) is 21.8. The number of nitrogens with two attached hydrogens (primary N) is 1. The van der Waals surface area contributed by atoms with Gasteiger partial charge in [-0.15, -0.1) is 10.2 Å². The van der Waals surface area contributed by atoms with Gasteiger partial charge in [-0.2, -0.15) is 0 Å². The molecule has 0 spiro atoms. The molecule has 0 aliphatic carbocycles. The van der Waals surface area contributed by atoms with Gasteiger partial charge < -0.3 is 9.73 Å².